The van der Waals surface area contributed by atoms with Crippen molar-refractivity contribution < 1.29 is 12.3 Å². The number of hydrogen-bond donors (Lipinski definition) is 0. The molecule has 0 saturated heterocycles. The van der Waals surface area contributed by atoms with Crippen molar-refractivity contribution >= 4 is 35.2 Å². The fourth-order valence-electron chi connectivity index (χ4n) is 2.00. The van der Waals surface area contributed by atoms with Gasteiger partial charge in [-0.3, -0.25) is 0 Å². The first kappa shape index (κ1) is 19.7. The van der Waals surface area contributed by atoms with Gasteiger partial charge in [0.25, 0.3) is 0 Å². The molecule has 1 unspecified atom stereocenters. The molecule has 0 saturated carbocycles. The van der Waals surface area contributed by atoms with Gasteiger partial charge >= 0.3 is 17.8 Å². The van der Waals surface area contributed by atoms with Crippen molar-refractivity contribution in [1.82, 2.24) is 0 Å². The largest absolute Gasteiger partial charge is 0.441 e. The van der Waals surface area contributed by atoms with E-state index >= 15 is 0 Å². The van der Waals surface area contributed by atoms with E-state index in [4.69, 9.17) is 12.3 Å². The molecule has 0 aliphatic rings. The summed E-state index contributed by atoms with van der Waals surface area (Å²) in [5, 5.41) is 0. The second kappa shape index (κ2) is 7.15. The minimum Gasteiger partial charge on any atom is -0.441 e. The Hall–Kier alpha value is 0.748. The SMILES string of the molecule is C[SiH](C)O[SiH](CC(C)(C)C)O[Si](C)(C)O[Si](C)(C)C. The van der Waals surface area contributed by atoms with E-state index in [-0.39, 0.29) is 5.41 Å². The second-order valence-electron chi connectivity index (χ2n) is 8.11. The summed E-state index contributed by atoms with van der Waals surface area (Å²) in [7, 11) is -6.25. The molecular weight excluding hydrogens is 304 g/mol. The van der Waals surface area contributed by atoms with Crippen LogP contribution in [-0.4, -0.2) is 35.2 Å². The maximum absolute atomic E-state index is 6.40. The monoisotopic (exact) mass is 338 g/mol. The molecule has 1 atom stereocenters. The highest BCUT2D eigenvalue weighted by Gasteiger charge is 2.36. The van der Waals surface area contributed by atoms with E-state index in [0.29, 0.717) is 0 Å². The van der Waals surface area contributed by atoms with Gasteiger partial charge in [0.1, 0.15) is 0 Å². The van der Waals surface area contributed by atoms with Crippen LogP contribution in [0.3, 0.4) is 0 Å². The van der Waals surface area contributed by atoms with E-state index in [1.807, 2.05) is 0 Å². The van der Waals surface area contributed by atoms with Gasteiger partial charge in [-0.15, -0.1) is 0 Å². The predicted molar refractivity (Wildman–Crippen MR) is 94.4 cm³/mol. The predicted octanol–water partition coefficient (Wildman–Crippen LogP) is 3.82. The third-order valence-electron chi connectivity index (χ3n) is 2.17. The second-order valence-corrected chi connectivity index (χ2v) is 21.3. The molecule has 0 aromatic heterocycles. The standard InChI is InChI=1S/C12H34O3Si4/c1-12(2,3)11-17(13-16(4)5)14-19(9,10)15-18(6,7)8/h16-17H,11H2,1-10H3. The Kier molecular flexibility index (Phi) is 7.43. The fraction of sp³-hybridized carbons (Fsp3) is 1.00. The summed E-state index contributed by atoms with van der Waals surface area (Å²) in [5.74, 6) is 0. The Morgan fingerprint density at radius 3 is 1.74 bits per heavy atom. The number of hydrogen-bond acceptors (Lipinski definition) is 3. The van der Waals surface area contributed by atoms with Gasteiger partial charge in [0.05, 0.1) is 0 Å². The Morgan fingerprint density at radius 1 is 0.947 bits per heavy atom. The van der Waals surface area contributed by atoms with E-state index in [1.165, 1.54) is 0 Å². The van der Waals surface area contributed by atoms with Crippen LogP contribution in [0.4, 0.5) is 0 Å². The molecule has 0 aromatic rings. The van der Waals surface area contributed by atoms with Crippen LogP contribution in [0.15, 0.2) is 0 Å². The highest BCUT2D eigenvalue weighted by Crippen LogP contribution is 2.26. The first-order valence-electron chi connectivity index (χ1n) is 7.24. The lowest BCUT2D eigenvalue weighted by Gasteiger charge is -2.36. The molecule has 0 heterocycles. The quantitative estimate of drug-likeness (QED) is 0.660. The summed E-state index contributed by atoms with van der Waals surface area (Å²) < 4.78 is 18.9. The molecule has 0 amide bonds. The fourth-order valence-corrected chi connectivity index (χ4v) is 15.9. The van der Waals surface area contributed by atoms with Crippen LogP contribution >= 0.6 is 0 Å². The molecule has 116 valence electrons. The van der Waals surface area contributed by atoms with Crippen molar-refractivity contribution in [3.63, 3.8) is 0 Å². The summed E-state index contributed by atoms with van der Waals surface area (Å²) in [5.41, 5.74) is 0.268. The molecule has 0 fully saturated rings. The molecule has 0 N–H and O–H groups in total. The van der Waals surface area contributed by atoms with Crippen LogP contribution in [0.25, 0.3) is 0 Å². The smallest absolute Gasteiger partial charge is 0.312 e. The summed E-state index contributed by atoms with van der Waals surface area (Å²) >= 11 is 0. The molecular formula is C12H34O3Si4. The summed E-state index contributed by atoms with van der Waals surface area (Å²) in [6.45, 7) is 22.2. The zero-order valence-corrected chi connectivity index (χ0v) is 18.9. The minimum absolute atomic E-state index is 0.268. The zero-order valence-electron chi connectivity index (χ0n) is 14.6. The van der Waals surface area contributed by atoms with Crippen LogP contribution in [-0.2, 0) is 12.3 Å². The summed E-state index contributed by atoms with van der Waals surface area (Å²) in [4.78, 5) is 0. The third kappa shape index (κ3) is 12.2. The lowest BCUT2D eigenvalue weighted by molar-refractivity contribution is 0.327. The Labute approximate surface area is 126 Å². The Balaban J connectivity index is 4.70. The van der Waals surface area contributed by atoms with Gasteiger partial charge in [0.2, 0.25) is 0 Å². The average molecular weight is 339 g/mol. The van der Waals surface area contributed by atoms with E-state index < -0.39 is 35.2 Å². The molecule has 7 heteroatoms. The van der Waals surface area contributed by atoms with Crippen LogP contribution < -0.4 is 0 Å². The van der Waals surface area contributed by atoms with Crippen LogP contribution in [0.1, 0.15) is 20.8 Å². The van der Waals surface area contributed by atoms with E-state index in [9.17, 15) is 0 Å². The van der Waals surface area contributed by atoms with E-state index in [1.54, 1.807) is 0 Å². The molecule has 0 spiro atoms. The highest BCUT2D eigenvalue weighted by atomic mass is 28.5. The Morgan fingerprint density at radius 2 is 1.42 bits per heavy atom. The van der Waals surface area contributed by atoms with Crippen molar-refractivity contribution in [3.8, 4) is 0 Å². The third-order valence-corrected chi connectivity index (χ3v) is 14.9. The average Bonchev–Trinajstić information content (AvgIpc) is 1.89. The van der Waals surface area contributed by atoms with Crippen molar-refractivity contribution in [2.75, 3.05) is 0 Å². The Bertz CT molecular complexity index is 269. The summed E-state index contributed by atoms with van der Waals surface area (Å²) in [6, 6.07) is 1.06. The first-order valence-corrected chi connectivity index (χ1v) is 18.0. The maximum atomic E-state index is 6.40. The summed E-state index contributed by atoms with van der Waals surface area (Å²) in [6.07, 6.45) is 0. The van der Waals surface area contributed by atoms with Gasteiger partial charge in [0.15, 0.2) is 17.4 Å². The van der Waals surface area contributed by atoms with Crippen LogP contribution in [0.5, 0.6) is 0 Å². The highest BCUT2D eigenvalue weighted by molar-refractivity contribution is 6.84. The lowest BCUT2D eigenvalue weighted by atomic mass is 10.0. The van der Waals surface area contributed by atoms with Crippen LogP contribution in [0, 0.1) is 5.41 Å². The minimum atomic E-state index is -2.05. The van der Waals surface area contributed by atoms with Gasteiger partial charge in [-0.25, -0.2) is 0 Å². The molecule has 0 aliphatic heterocycles. The van der Waals surface area contributed by atoms with Gasteiger partial charge < -0.3 is 12.3 Å². The molecule has 0 aliphatic carbocycles. The topological polar surface area (TPSA) is 27.7 Å². The van der Waals surface area contributed by atoms with Crippen molar-refractivity contribution in [2.45, 2.75) is 72.6 Å². The normalized spacial score (nSPS) is 15.9. The van der Waals surface area contributed by atoms with Gasteiger partial charge in [-0.05, 0) is 57.3 Å². The molecule has 0 bridgehead atoms. The zero-order chi connectivity index (χ0) is 15.5. The number of rotatable bonds is 7. The van der Waals surface area contributed by atoms with Gasteiger partial charge in [-0.1, -0.05) is 20.8 Å². The molecule has 0 rings (SSSR count). The van der Waals surface area contributed by atoms with Gasteiger partial charge in [0, 0.05) is 0 Å². The van der Waals surface area contributed by atoms with Crippen molar-refractivity contribution in [1.29, 1.82) is 0 Å². The molecule has 3 nitrogen and oxygen atoms in total. The van der Waals surface area contributed by atoms with Crippen molar-refractivity contribution in [3.05, 3.63) is 0 Å². The molecule has 0 radical (unpaired) electrons. The van der Waals surface area contributed by atoms with E-state index in [0.717, 1.165) is 6.04 Å². The molecule has 19 heavy (non-hydrogen) atoms. The van der Waals surface area contributed by atoms with Crippen LogP contribution in [0.2, 0.25) is 51.9 Å². The first-order chi connectivity index (χ1) is 8.20. The van der Waals surface area contributed by atoms with Gasteiger partial charge in [-0.2, -0.15) is 0 Å². The van der Waals surface area contributed by atoms with E-state index in [2.05, 4.69) is 66.6 Å². The lowest BCUT2D eigenvalue weighted by Crippen LogP contribution is -2.50. The molecule has 0 aromatic carbocycles. The maximum Gasteiger partial charge on any atom is 0.312 e. The van der Waals surface area contributed by atoms with Crippen molar-refractivity contribution in [2.24, 2.45) is 5.41 Å².